The first-order valence-electron chi connectivity index (χ1n) is 6.59. The number of para-hydroxylation sites is 1. The van der Waals surface area contributed by atoms with Crippen molar-refractivity contribution in [2.75, 3.05) is 24.5 Å². The maximum atomic E-state index is 6.14. The molecule has 4 nitrogen and oxygen atoms in total. The molecule has 0 saturated carbocycles. The Bertz CT molecular complexity index is 474. The summed E-state index contributed by atoms with van der Waals surface area (Å²) in [7, 11) is 0. The average Bonchev–Trinajstić information content (AvgIpc) is 2.69. The monoisotopic (exact) mass is 244 g/mol. The van der Waals surface area contributed by atoms with Crippen LogP contribution in [-0.4, -0.2) is 31.1 Å². The van der Waals surface area contributed by atoms with Crippen LogP contribution in [0.5, 0.6) is 0 Å². The molecule has 1 saturated heterocycles. The second-order valence-electron chi connectivity index (χ2n) is 5.27. The van der Waals surface area contributed by atoms with Crippen LogP contribution >= 0.6 is 0 Å². The van der Waals surface area contributed by atoms with Crippen molar-refractivity contribution < 1.29 is 0 Å². The molecule has 1 spiro atoms. The highest BCUT2D eigenvalue weighted by Crippen LogP contribution is 2.36. The fourth-order valence-corrected chi connectivity index (χ4v) is 3.08. The second kappa shape index (κ2) is 4.28. The largest absolute Gasteiger partial charge is 0.369 e. The van der Waals surface area contributed by atoms with Crippen molar-refractivity contribution in [1.82, 2.24) is 5.32 Å². The van der Waals surface area contributed by atoms with Gasteiger partial charge in [-0.05, 0) is 44.5 Å². The van der Waals surface area contributed by atoms with Gasteiger partial charge in [-0.25, -0.2) is 0 Å². The molecule has 18 heavy (non-hydrogen) atoms. The van der Waals surface area contributed by atoms with Crippen molar-refractivity contribution >= 4 is 11.6 Å². The van der Waals surface area contributed by atoms with Crippen LogP contribution in [0.15, 0.2) is 29.3 Å². The van der Waals surface area contributed by atoms with E-state index < -0.39 is 0 Å². The lowest BCUT2D eigenvalue weighted by Gasteiger charge is -2.42. The van der Waals surface area contributed by atoms with Crippen LogP contribution in [-0.2, 0) is 0 Å². The first-order chi connectivity index (χ1) is 8.73. The van der Waals surface area contributed by atoms with Gasteiger partial charge in [-0.2, -0.15) is 0 Å². The van der Waals surface area contributed by atoms with Gasteiger partial charge in [0.2, 0.25) is 0 Å². The molecule has 0 radical (unpaired) electrons. The Hall–Kier alpha value is -1.55. The Morgan fingerprint density at radius 3 is 2.72 bits per heavy atom. The number of nitrogens with zero attached hydrogens (tertiary/aromatic N) is 2. The third-order valence-electron chi connectivity index (χ3n) is 4.13. The van der Waals surface area contributed by atoms with Crippen molar-refractivity contribution in [1.29, 1.82) is 0 Å². The van der Waals surface area contributed by atoms with E-state index in [2.05, 4.69) is 46.4 Å². The fraction of sp³-hybridized carbons (Fsp3) is 0.500. The van der Waals surface area contributed by atoms with Gasteiger partial charge in [0, 0.05) is 5.69 Å². The molecule has 0 aromatic heterocycles. The predicted octanol–water partition coefficient (Wildman–Crippen LogP) is 1.25. The van der Waals surface area contributed by atoms with Crippen LogP contribution in [0, 0.1) is 6.92 Å². The SMILES string of the molecule is Cc1ccccc1N1C(N)=NCC12CCNCC2. The second-order valence-corrected chi connectivity index (χ2v) is 5.27. The maximum absolute atomic E-state index is 6.14. The van der Waals surface area contributed by atoms with Gasteiger partial charge in [0.25, 0.3) is 0 Å². The molecule has 96 valence electrons. The highest BCUT2D eigenvalue weighted by atomic mass is 15.4. The summed E-state index contributed by atoms with van der Waals surface area (Å²) < 4.78 is 0. The Balaban J connectivity index is 2.01. The molecule has 1 aromatic rings. The number of benzene rings is 1. The van der Waals surface area contributed by atoms with Gasteiger partial charge in [-0.1, -0.05) is 18.2 Å². The van der Waals surface area contributed by atoms with Crippen LogP contribution < -0.4 is 16.0 Å². The van der Waals surface area contributed by atoms with Crippen molar-refractivity contribution in [3.8, 4) is 0 Å². The fourth-order valence-electron chi connectivity index (χ4n) is 3.08. The summed E-state index contributed by atoms with van der Waals surface area (Å²) in [5.74, 6) is 0.672. The minimum atomic E-state index is 0.0987. The van der Waals surface area contributed by atoms with Crippen molar-refractivity contribution in [3.05, 3.63) is 29.8 Å². The Kier molecular flexibility index (Phi) is 2.74. The summed E-state index contributed by atoms with van der Waals surface area (Å²) in [6, 6.07) is 8.42. The summed E-state index contributed by atoms with van der Waals surface area (Å²) in [6.07, 6.45) is 2.21. The molecule has 2 aliphatic rings. The van der Waals surface area contributed by atoms with Gasteiger partial charge in [0.1, 0.15) is 0 Å². The van der Waals surface area contributed by atoms with Gasteiger partial charge >= 0.3 is 0 Å². The molecule has 0 atom stereocenters. The molecule has 1 fully saturated rings. The van der Waals surface area contributed by atoms with E-state index in [1.165, 1.54) is 11.3 Å². The summed E-state index contributed by atoms with van der Waals surface area (Å²) in [4.78, 5) is 6.77. The summed E-state index contributed by atoms with van der Waals surface area (Å²) >= 11 is 0. The number of aliphatic imine (C=N–C) groups is 1. The summed E-state index contributed by atoms with van der Waals surface area (Å²) in [5, 5.41) is 3.42. The van der Waals surface area contributed by atoms with Gasteiger partial charge < -0.3 is 16.0 Å². The zero-order valence-corrected chi connectivity index (χ0v) is 10.8. The molecule has 0 unspecified atom stereocenters. The molecule has 2 aliphatic heterocycles. The van der Waals surface area contributed by atoms with Crippen molar-refractivity contribution in [3.63, 3.8) is 0 Å². The summed E-state index contributed by atoms with van der Waals surface area (Å²) in [5.41, 5.74) is 8.71. The lowest BCUT2D eigenvalue weighted by atomic mass is 9.86. The lowest BCUT2D eigenvalue weighted by Crippen LogP contribution is -2.57. The number of aryl methyl sites for hydroxylation is 1. The van der Waals surface area contributed by atoms with E-state index >= 15 is 0 Å². The zero-order valence-electron chi connectivity index (χ0n) is 10.8. The van der Waals surface area contributed by atoms with Crippen molar-refractivity contribution in [2.45, 2.75) is 25.3 Å². The highest BCUT2D eigenvalue weighted by Gasteiger charge is 2.44. The third kappa shape index (κ3) is 1.68. The average molecular weight is 244 g/mol. The minimum Gasteiger partial charge on any atom is -0.369 e. The maximum Gasteiger partial charge on any atom is 0.196 e. The van der Waals surface area contributed by atoms with E-state index in [0.29, 0.717) is 5.96 Å². The van der Waals surface area contributed by atoms with Crippen LogP contribution in [0.4, 0.5) is 5.69 Å². The van der Waals surface area contributed by atoms with E-state index in [-0.39, 0.29) is 5.54 Å². The van der Waals surface area contributed by atoms with Crippen LogP contribution in [0.25, 0.3) is 0 Å². The van der Waals surface area contributed by atoms with Gasteiger partial charge in [-0.15, -0.1) is 0 Å². The first-order valence-corrected chi connectivity index (χ1v) is 6.59. The number of piperidine rings is 1. The number of guanidine groups is 1. The number of nitrogens with one attached hydrogen (secondary N) is 1. The molecule has 0 bridgehead atoms. The van der Waals surface area contributed by atoms with Crippen molar-refractivity contribution in [2.24, 2.45) is 10.7 Å². The molecule has 0 aliphatic carbocycles. The van der Waals surface area contributed by atoms with Crippen LogP contribution in [0.3, 0.4) is 0 Å². The molecule has 4 heteroatoms. The molecule has 2 heterocycles. The number of hydrogen-bond donors (Lipinski definition) is 2. The lowest BCUT2D eigenvalue weighted by molar-refractivity contribution is 0.332. The Morgan fingerprint density at radius 2 is 2.00 bits per heavy atom. The molecular formula is C14H20N4. The number of hydrogen-bond acceptors (Lipinski definition) is 4. The normalized spacial score (nSPS) is 22.3. The standard InChI is InChI=1S/C14H20N4/c1-11-4-2-3-5-12(11)18-13(15)17-10-14(18)6-8-16-9-7-14/h2-5,16H,6-10H2,1H3,(H2,15,17). The molecular weight excluding hydrogens is 224 g/mol. The molecule has 3 N–H and O–H groups in total. The topological polar surface area (TPSA) is 53.6 Å². The van der Waals surface area contributed by atoms with Gasteiger partial charge in [0.15, 0.2) is 5.96 Å². The van der Waals surface area contributed by atoms with E-state index in [4.69, 9.17) is 5.73 Å². The molecule has 0 amide bonds. The van der Waals surface area contributed by atoms with E-state index in [9.17, 15) is 0 Å². The zero-order chi connectivity index (χ0) is 12.6. The van der Waals surface area contributed by atoms with Gasteiger partial charge in [-0.3, -0.25) is 4.99 Å². The molecule has 1 aromatic carbocycles. The minimum absolute atomic E-state index is 0.0987. The first kappa shape index (κ1) is 11.5. The quantitative estimate of drug-likeness (QED) is 0.782. The Morgan fingerprint density at radius 1 is 1.28 bits per heavy atom. The van der Waals surface area contributed by atoms with Crippen LogP contribution in [0.2, 0.25) is 0 Å². The van der Waals surface area contributed by atoms with E-state index in [0.717, 1.165) is 32.5 Å². The number of nitrogens with two attached hydrogens (primary N) is 1. The Labute approximate surface area is 108 Å². The van der Waals surface area contributed by atoms with E-state index in [1.807, 2.05) is 0 Å². The van der Waals surface area contributed by atoms with Crippen LogP contribution in [0.1, 0.15) is 18.4 Å². The number of anilines is 1. The predicted molar refractivity (Wildman–Crippen MR) is 75.0 cm³/mol. The summed E-state index contributed by atoms with van der Waals surface area (Å²) in [6.45, 7) is 5.06. The third-order valence-corrected chi connectivity index (χ3v) is 4.13. The molecule has 3 rings (SSSR count). The van der Waals surface area contributed by atoms with E-state index in [1.54, 1.807) is 0 Å². The highest BCUT2D eigenvalue weighted by molar-refractivity contribution is 5.99. The number of rotatable bonds is 1. The van der Waals surface area contributed by atoms with Gasteiger partial charge in [0.05, 0.1) is 12.1 Å². The smallest absolute Gasteiger partial charge is 0.196 e.